The summed E-state index contributed by atoms with van der Waals surface area (Å²) in [6.45, 7) is 8.43. The minimum absolute atomic E-state index is 0.374. The molecule has 0 saturated carbocycles. The van der Waals surface area contributed by atoms with Crippen LogP contribution in [-0.4, -0.2) is 49.3 Å². The van der Waals surface area contributed by atoms with Crippen molar-refractivity contribution in [2.45, 2.75) is 27.7 Å². The Morgan fingerprint density at radius 1 is 0.667 bits per heavy atom. The second-order valence-corrected chi connectivity index (χ2v) is 2.23. The molecule has 110 valence electrons. The molecule has 0 spiro atoms. The van der Waals surface area contributed by atoms with Crippen molar-refractivity contribution < 1.29 is 39.1 Å². The van der Waals surface area contributed by atoms with Crippen LogP contribution >= 0.6 is 0 Å². The second kappa shape index (κ2) is 20.8. The SMILES string of the molecule is CCOC(=O)OCC.CCOC(=O)OCC.OO. The first-order valence-corrected chi connectivity index (χ1v) is 5.41. The first kappa shape index (κ1) is 21.7. The number of rotatable bonds is 4. The van der Waals surface area contributed by atoms with Crippen molar-refractivity contribution in [3.8, 4) is 0 Å². The van der Waals surface area contributed by atoms with Gasteiger partial charge in [0.1, 0.15) is 0 Å². The van der Waals surface area contributed by atoms with Crippen molar-refractivity contribution >= 4 is 12.3 Å². The zero-order chi connectivity index (χ0) is 14.8. The Hall–Kier alpha value is -1.54. The Bertz CT molecular complexity index is 147. The highest BCUT2D eigenvalue weighted by molar-refractivity contribution is 5.59. The highest BCUT2D eigenvalue weighted by Crippen LogP contribution is 1.82. The van der Waals surface area contributed by atoms with Gasteiger partial charge in [-0.25, -0.2) is 9.59 Å². The van der Waals surface area contributed by atoms with Crippen LogP contribution in [0.2, 0.25) is 0 Å². The van der Waals surface area contributed by atoms with E-state index >= 15 is 0 Å². The summed E-state index contributed by atoms with van der Waals surface area (Å²) in [5.41, 5.74) is 0. The van der Waals surface area contributed by atoms with Gasteiger partial charge in [0.05, 0.1) is 26.4 Å². The van der Waals surface area contributed by atoms with E-state index < -0.39 is 12.3 Å². The molecular formula is C10H22O8. The summed E-state index contributed by atoms with van der Waals surface area (Å²) < 4.78 is 17.7. The van der Waals surface area contributed by atoms with E-state index in [1.807, 2.05) is 0 Å². The standard InChI is InChI=1S/2C5H10O3.H2O2/c2*1-3-7-5(6)8-4-2;1-2/h2*3-4H2,1-2H3;1-2H. The Labute approximate surface area is 106 Å². The fraction of sp³-hybridized carbons (Fsp3) is 0.800. The fourth-order valence-electron chi connectivity index (χ4n) is 0.555. The van der Waals surface area contributed by atoms with Gasteiger partial charge in [0.2, 0.25) is 0 Å². The van der Waals surface area contributed by atoms with Crippen molar-refractivity contribution in [3.63, 3.8) is 0 Å². The Kier molecular flexibility index (Phi) is 25.1. The van der Waals surface area contributed by atoms with Crippen LogP contribution in [0, 0.1) is 0 Å². The van der Waals surface area contributed by atoms with Gasteiger partial charge in [-0.1, -0.05) is 0 Å². The van der Waals surface area contributed by atoms with Gasteiger partial charge in [0, 0.05) is 0 Å². The lowest BCUT2D eigenvalue weighted by atomic mass is 10.8. The average Bonchev–Trinajstić information content (AvgIpc) is 2.34. The lowest BCUT2D eigenvalue weighted by Crippen LogP contribution is -2.05. The van der Waals surface area contributed by atoms with Gasteiger partial charge in [-0.2, -0.15) is 0 Å². The Morgan fingerprint density at radius 2 is 0.833 bits per heavy atom. The molecule has 0 atom stereocenters. The molecule has 0 aromatic rings. The molecule has 0 heterocycles. The van der Waals surface area contributed by atoms with Crippen molar-refractivity contribution in [2.75, 3.05) is 26.4 Å². The van der Waals surface area contributed by atoms with Crippen LogP contribution in [-0.2, 0) is 18.9 Å². The Morgan fingerprint density at radius 3 is 0.944 bits per heavy atom. The lowest BCUT2D eigenvalue weighted by molar-refractivity contribution is -0.176. The molecule has 0 aliphatic rings. The van der Waals surface area contributed by atoms with E-state index in [0.717, 1.165) is 0 Å². The van der Waals surface area contributed by atoms with E-state index in [4.69, 9.17) is 10.5 Å². The zero-order valence-corrected chi connectivity index (χ0v) is 11.2. The second-order valence-electron chi connectivity index (χ2n) is 2.23. The zero-order valence-electron chi connectivity index (χ0n) is 11.2. The largest absolute Gasteiger partial charge is 0.508 e. The number of hydrogen-bond donors (Lipinski definition) is 2. The van der Waals surface area contributed by atoms with E-state index in [2.05, 4.69) is 18.9 Å². The summed E-state index contributed by atoms with van der Waals surface area (Å²) in [6, 6.07) is 0. The predicted molar refractivity (Wildman–Crippen MR) is 62.6 cm³/mol. The third kappa shape index (κ3) is 23.9. The monoisotopic (exact) mass is 270 g/mol. The van der Waals surface area contributed by atoms with Crippen molar-refractivity contribution in [3.05, 3.63) is 0 Å². The van der Waals surface area contributed by atoms with E-state index in [1.165, 1.54) is 0 Å². The molecule has 0 aromatic heterocycles. The summed E-state index contributed by atoms with van der Waals surface area (Å²) >= 11 is 0. The smallest absolute Gasteiger partial charge is 0.435 e. The van der Waals surface area contributed by atoms with Crippen LogP contribution in [0.15, 0.2) is 0 Å². The van der Waals surface area contributed by atoms with Crippen LogP contribution in [0.3, 0.4) is 0 Å². The molecular weight excluding hydrogens is 248 g/mol. The lowest BCUT2D eigenvalue weighted by Gasteiger charge is -1.98. The van der Waals surface area contributed by atoms with Gasteiger partial charge in [-0.05, 0) is 27.7 Å². The number of carbonyl (C=O) groups is 2. The summed E-state index contributed by atoms with van der Waals surface area (Å²) in [5.74, 6) is 0. The van der Waals surface area contributed by atoms with Gasteiger partial charge < -0.3 is 18.9 Å². The van der Waals surface area contributed by atoms with Gasteiger partial charge in [0.25, 0.3) is 0 Å². The molecule has 8 nitrogen and oxygen atoms in total. The Balaban J connectivity index is -0.000000219. The molecule has 0 amide bonds. The molecule has 0 aromatic carbocycles. The summed E-state index contributed by atoms with van der Waals surface area (Å²) in [4.78, 5) is 20.4. The van der Waals surface area contributed by atoms with Gasteiger partial charge in [-0.3, -0.25) is 10.5 Å². The third-order valence-corrected chi connectivity index (χ3v) is 1.05. The van der Waals surface area contributed by atoms with Crippen LogP contribution in [0.25, 0.3) is 0 Å². The van der Waals surface area contributed by atoms with Gasteiger partial charge in [0.15, 0.2) is 0 Å². The maximum atomic E-state index is 10.2. The molecule has 8 heteroatoms. The molecule has 0 fully saturated rings. The maximum absolute atomic E-state index is 10.2. The molecule has 0 unspecified atom stereocenters. The fourth-order valence-corrected chi connectivity index (χ4v) is 0.555. The van der Waals surface area contributed by atoms with Gasteiger partial charge >= 0.3 is 12.3 Å². The normalized spacial score (nSPS) is 7.67. The van der Waals surface area contributed by atoms with E-state index in [-0.39, 0.29) is 0 Å². The molecule has 0 aliphatic carbocycles. The summed E-state index contributed by atoms with van der Waals surface area (Å²) in [7, 11) is 0. The predicted octanol–water partition coefficient (Wildman–Crippen LogP) is 2.38. The topological polar surface area (TPSA) is 112 Å². The minimum Gasteiger partial charge on any atom is -0.435 e. The van der Waals surface area contributed by atoms with Crippen LogP contribution in [0.5, 0.6) is 0 Å². The number of hydrogen-bond acceptors (Lipinski definition) is 8. The highest BCUT2D eigenvalue weighted by atomic mass is 17.0. The van der Waals surface area contributed by atoms with Crippen molar-refractivity contribution in [2.24, 2.45) is 0 Å². The molecule has 0 saturated heterocycles. The van der Waals surface area contributed by atoms with E-state index in [0.29, 0.717) is 26.4 Å². The first-order chi connectivity index (χ1) is 8.62. The molecule has 0 rings (SSSR count). The van der Waals surface area contributed by atoms with Crippen molar-refractivity contribution in [1.82, 2.24) is 0 Å². The average molecular weight is 270 g/mol. The third-order valence-electron chi connectivity index (χ3n) is 1.05. The highest BCUT2D eigenvalue weighted by Gasteiger charge is 1.96. The first-order valence-electron chi connectivity index (χ1n) is 5.41. The quantitative estimate of drug-likeness (QED) is 0.455. The van der Waals surface area contributed by atoms with Crippen LogP contribution < -0.4 is 0 Å². The summed E-state index contributed by atoms with van der Waals surface area (Å²) in [5, 5.41) is 12.0. The van der Waals surface area contributed by atoms with Crippen LogP contribution in [0.1, 0.15) is 27.7 Å². The van der Waals surface area contributed by atoms with E-state index in [9.17, 15) is 9.59 Å². The number of ether oxygens (including phenoxy) is 4. The summed E-state index contributed by atoms with van der Waals surface area (Å²) in [6.07, 6.45) is -1.18. The molecule has 0 bridgehead atoms. The van der Waals surface area contributed by atoms with Gasteiger partial charge in [-0.15, -0.1) is 0 Å². The maximum Gasteiger partial charge on any atom is 0.508 e. The molecule has 2 N–H and O–H groups in total. The minimum atomic E-state index is -0.588. The number of carbonyl (C=O) groups excluding carboxylic acids is 2. The van der Waals surface area contributed by atoms with Crippen LogP contribution in [0.4, 0.5) is 9.59 Å². The molecule has 18 heavy (non-hydrogen) atoms. The molecule has 0 aliphatic heterocycles. The molecule has 0 radical (unpaired) electrons. The van der Waals surface area contributed by atoms with Crippen molar-refractivity contribution in [1.29, 1.82) is 0 Å². The van der Waals surface area contributed by atoms with E-state index in [1.54, 1.807) is 27.7 Å².